The number of amides is 1. The van der Waals surface area contributed by atoms with Crippen molar-refractivity contribution in [2.75, 3.05) is 19.7 Å². The third-order valence-corrected chi connectivity index (χ3v) is 3.53. The first kappa shape index (κ1) is 15.3. The standard InChI is InChI=1S/C15H18FNO4/c16-12-5-1-2-6-13(12)21-9-7-14(18)17-8-3-4-11(10-17)15(19)20/h1-2,5-6,11H,3-4,7-10H2,(H,19,20)/t11-/m0/s1. The molecular weight excluding hydrogens is 277 g/mol. The van der Waals surface area contributed by atoms with Crippen molar-refractivity contribution in [3.05, 3.63) is 30.1 Å². The first-order valence-corrected chi connectivity index (χ1v) is 6.96. The summed E-state index contributed by atoms with van der Waals surface area (Å²) in [4.78, 5) is 24.5. The normalized spacial score (nSPS) is 18.3. The monoisotopic (exact) mass is 295 g/mol. The fourth-order valence-corrected chi connectivity index (χ4v) is 2.37. The highest BCUT2D eigenvalue weighted by molar-refractivity contribution is 5.78. The molecule has 1 aromatic carbocycles. The number of aliphatic carboxylic acids is 1. The van der Waals surface area contributed by atoms with Crippen LogP contribution in [0.25, 0.3) is 0 Å². The van der Waals surface area contributed by atoms with E-state index in [4.69, 9.17) is 9.84 Å². The summed E-state index contributed by atoms with van der Waals surface area (Å²) < 4.78 is 18.6. The van der Waals surface area contributed by atoms with Crippen molar-refractivity contribution >= 4 is 11.9 Å². The number of hydrogen-bond donors (Lipinski definition) is 1. The summed E-state index contributed by atoms with van der Waals surface area (Å²) in [5.41, 5.74) is 0. The van der Waals surface area contributed by atoms with Crippen molar-refractivity contribution in [3.8, 4) is 5.75 Å². The van der Waals surface area contributed by atoms with E-state index in [1.165, 1.54) is 12.1 Å². The molecule has 5 nitrogen and oxygen atoms in total. The van der Waals surface area contributed by atoms with Crippen LogP contribution in [0.3, 0.4) is 0 Å². The van der Waals surface area contributed by atoms with Gasteiger partial charge >= 0.3 is 5.97 Å². The van der Waals surface area contributed by atoms with Crippen molar-refractivity contribution in [1.82, 2.24) is 4.90 Å². The maximum atomic E-state index is 13.3. The summed E-state index contributed by atoms with van der Waals surface area (Å²) in [5.74, 6) is -1.86. The largest absolute Gasteiger partial charge is 0.490 e. The summed E-state index contributed by atoms with van der Waals surface area (Å²) >= 11 is 0. The lowest BCUT2D eigenvalue weighted by atomic mass is 9.98. The van der Waals surface area contributed by atoms with Gasteiger partial charge < -0.3 is 14.7 Å². The summed E-state index contributed by atoms with van der Waals surface area (Å²) in [6.45, 7) is 0.893. The van der Waals surface area contributed by atoms with Gasteiger partial charge in [0.25, 0.3) is 0 Å². The van der Waals surface area contributed by atoms with Crippen LogP contribution in [0, 0.1) is 11.7 Å². The van der Waals surface area contributed by atoms with Gasteiger partial charge in [0, 0.05) is 13.1 Å². The number of halogens is 1. The molecule has 21 heavy (non-hydrogen) atoms. The van der Waals surface area contributed by atoms with E-state index >= 15 is 0 Å². The summed E-state index contributed by atoms with van der Waals surface area (Å²) in [6, 6.07) is 6.01. The van der Waals surface area contributed by atoms with Crippen LogP contribution in [0.15, 0.2) is 24.3 Å². The Labute approximate surface area is 122 Å². The van der Waals surface area contributed by atoms with E-state index in [0.29, 0.717) is 19.4 Å². The molecule has 0 aromatic heterocycles. The zero-order chi connectivity index (χ0) is 15.2. The Balaban J connectivity index is 1.79. The molecule has 1 fully saturated rings. The molecule has 1 aromatic rings. The molecule has 0 aliphatic carbocycles. The van der Waals surface area contributed by atoms with Crippen molar-refractivity contribution in [2.24, 2.45) is 5.92 Å². The van der Waals surface area contributed by atoms with E-state index in [9.17, 15) is 14.0 Å². The quantitative estimate of drug-likeness (QED) is 0.901. The predicted molar refractivity (Wildman–Crippen MR) is 73.5 cm³/mol. The molecular formula is C15H18FNO4. The van der Waals surface area contributed by atoms with Gasteiger partial charge in [-0.1, -0.05) is 12.1 Å². The van der Waals surface area contributed by atoms with Gasteiger partial charge in [0.15, 0.2) is 11.6 Å². The highest BCUT2D eigenvalue weighted by Gasteiger charge is 2.27. The van der Waals surface area contributed by atoms with Crippen LogP contribution >= 0.6 is 0 Å². The van der Waals surface area contributed by atoms with E-state index in [2.05, 4.69) is 0 Å². The van der Waals surface area contributed by atoms with Crippen LogP contribution in [-0.2, 0) is 9.59 Å². The Morgan fingerprint density at radius 2 is 2.14 bits per heavy atom. The second-order valence-electron chi connectivity index (χ2n) is 5.05. The van der Waals surface area contributed by atoms with E-state index < -0.39 is 17.7 Å². The number of ether oxygens (including phenoxy) is 1. The molecule has 1 N–H and O–H groups in total. The Bertz CT molecular complexity index is 520. The number of nitrogens with zero attached hydrogens (tertiary/aromatic N) is 1. The zero-order valence-corrected chi connectivity index (χ0v) is 11.6. The summed E-state index contributed by atoms with van der Waals surface area (Å²) in [5, 5.41) is 8.99. The van der Waals surface area contributed by atoms with Gasteiger partial charge in [0.2, 0.25) is 5.91 Å². The highest BCUT2D eigenvalue weighted by Crippen LogP contribution is 2.18. The summed E-state index contributed by atoms with van der Waals surface area (Å²) in [6.07, 6.45) is 1.41. The Morgan fingerprint density at radius 3 is 2.86 bits per heavy atom. The molecule has 2 rings (SSSR count). The second kappa shape index (κ2) is 7.06. The lowest BCUT2D eigenvalue weighted by Crippen LogP contribution is -2.42. The molecule has 0 saturated carbocycles. The van der Waals surface area contributed by atoms with Gasteiger partial charge in [-0.15, -0.1) is 0 Å². The maximum absolute atomic E-state index is 13.3. The van der Waals surface area contributed by atoms with E-state index in [1.54, 1.807) is 17.0 Å². The zero-order valence-electron chi connectivity index (χ0n) is 11.6. The number of piperidine rings is 1. The van der Waals surface area contributed by atoms with Gasteiger partial charge in [0.05, 0.1) is 18.9 Å². The van der Waals surface area contributed by atoms with Gasteiger partial charge in [-0.2, -0.15) is 0 Å². The van der Waals surface area contributed by atoms with Crippen LogP contribution in [-0.4, -0.2) is 41.6 Å². The minimum atomic E-state index is -0.866. The third kappa shape index (κ3) is 4.18. The van der Waals surface area contributed by atoms with Gasteiger partial charge in [-0.05, 0) is 25.0 Å². The fourth-order valence-electron chi connectivity index (χ4n) is 2.37. The topological polar surface area (TPSA) is 66.8 Å². The Morgan fingerprint density at radius 1 is 1.38 bits per heavy atom. The number of carboxylic acid groups (broad SMARTS) is 1. The predicted octanol–water partition coefficient (Wildman–Crippen LogP) is 1.92. The minimum absolute atomic E-state index is 0.0774. The van der Waals surface area contributed by atoms with Crippen molar-refractivity contribution in [3.63, 3.8) is 0 Å². The van der Waals surface area contributed by atoms with Crippen molar-refractivity contribution < 1.29 is 23.8 Å². The smallest absolute Gasteiger partial charge is 0.308 e. The molecule has 1 atom stereocenters. The van der Waals surface area contributed by atoms with Crippen LogP contribution in [0.1, 0.15) is 19.3 Å². The van der Waals surface area contributed by atoms with Crippen LogP contribution in [0.5, 0.6) is 5.75 Å². The molecule has 0 bridgehead atoms. The number of carboxylic acids is 1. The molecule has 1 amide bonds. The molecule has 114 valence electrons. The average Bonchev–Trinajstić information content (AvgIpc) is 2.49. The minimum Gasteiger partial charge on any atom is -0.490 e. The first-order chi connectivity index (χ1) is 10.1. The van der Waals surface area contributed by atoms with E-state index in [1.807, 2.05) is 0 Å². The molecule has 1 heterocycles. The Kier molecular flexibility index (Phi) is 5.14. The fraction of sp³-hybridized carbons (Fsp3) is 0.467. The van der Waals surface area contributed by atoms with Gasteiger partial charge in [-0.25, -0.2) is 4.39 Å². The SMILES string of the molecule is O=C(O)[C@H]1CCCN(C(=O)CCOc2ccccc2F)C1. The van der Waals surface area contributed by atoms with Crippen LogP contribution < -0.4 is 4.74 Å². The molecule has 1 saturated heterocycles. The molecule has 1 aliphatic heterocycles. The molecule has 0 spiro atoms. The highest BCUT2D eigenvalue weighted by atomic mass is 19.1. The average molecular weight is 295 g/mol. The number of rotatable bonds is 5. The van der Waals surface area contributed by atoms with Crippen LogP contribution in [0.2, 0.25) is 0 Å². The number of carbonyl (C=O) groups is 2. The molecule has 6 heteroatoms. The molecule has 0 radical (unpaired) electrons. The van der Waals surface area contributed by atoms with E-state index in [0.717, 1.165) is 0 Å². The number of para-hydroxylation sites is 1. The number of hydrogen-bond acceptors (Lipinski definition) is 3. The van der Waals surface area contributed by atoms with Crippen molar-refractivity contribution in [1.29, 1.82) is 0 Å². The Hall–Kier alpha value is -2.11. The lowest BCUT2D eigenvalue weighted by Gasteiger charge is -2.30. The van der Waals surface area contributed by atoms with E-state index in [-0.39, 0.29) is 31.2 Å². The summed E-state index contributed by atoms with van der Waals surface area (Å²) in [7, 11) is 0. The van der Waals surface area contributed by atoms with Crippen LogP contribution in [0.4, 0.5) is 4.39 Å². The number of likely N-dealkylation sites (tertiary alicyclic amines) is 1. The molecule has 1 aliphatic rings. The van der Waals surface area contributed by atoms with Gasteiger partial charge in [-0.3, -0.25) is 9.59 Å². The van der Waals surface area contributed by atoms with Crippen molar-refractivity contribution in [2.45, 2.75) is 19.3 Å². The van der Waals surface area contributed by atoms with Gasteiger partial charge in [0.1, 0.15) is 0 Å². The maximum Gasteiger partial charge on any atom is 0.308 e. The molecule has 0 unspecified atom stereocenters. The second-order valence-corrected chi connectivity index (χ2v) is 5.05. The third-order valence-electron chi connectivity index (χ3n) is 3.53. The lowest BCUT2D eigenvalue weighted by molar-refractivity contribution is -0.145. The number of benzene rings is 1. The first-order valence-electron chi connectivity index (χ1n) is 6.96. The number of carbonyl (C=O) groups excluding carboxylic acids is 1.